The highest BCUT2D eigenvalue weighted by Gasteiger charge is 2.49. The van der Waals surface area contributed by atoms with Gasteiger partial charge in [0.15, 0.2) is 24.6 Å². The third-order valence-electron chi connectivity index (χ3n) is 4.81. The van der Waals surface area contributed by atoms with E-state index >= 15 is 0 Å². The molecule has 0 aromatic carbocycles. The van der Waals surface area contributed by atoms with Crippen LogP contribution in [0.3, 0.4) is 0 Å². The van der Waals surface area contributed by atoms with Crippen LogP contribution in [0.15, 0.2) is 48.6 Å². The van der Waals surface area contributed by atoms with E-state index in [2.05, 4.69) is 26.3 Å². The maximum Gasteiger partial charge on any atom is 0.333 e. The number of esters is 3. The van der Waals surface area contributed by atoms with Gasteiger partial charge in [0.2, 0.25) is 0 Å². The summed E-state index contributed by atoms with van der Waals surface area (Å²) in [5, 5.41) is 0. The van der Waals surface area contributed by atoms with Gasteiger partial charge in [-0.15, -0.1) is 0 Å². The molecule has 6 atom stereocenters. The molecule has 0 aromatic rings. The van der Waals surface area contributed by atoms with Gasteiger partial charge < -0.3 is 28.4 Å². The van der Waals surface area contributed by atoms with Gasteiger partial charge in [0.25, 0.3) is 0 Å². The summed E-state index contributed by atoms with van der Waals surface area (Å²) in [4.78, 5) is 37.0. The fourth-order valence-electron chi connectivity index (χ4n) is 3.03. The van der Waals surface area contributed by atoms with Crippen LogP contribution in [0, 0.1) is 0 Å². The van der Waals surface area contributed by atoms with Crippen molar-refractivity contribution in [2.24, 2.45) is 0 Å². The lowest BCUT2D eigenvalue weighted by atomic mass is 9.99. The first kappa shape index (κ1) is 26.5. The Morgan fingerprint density at radius 3 is 2.00 bits per heavy atom. The van der Waals surface area contributed by atoms with Crippen molar-refractivity contribution in [3.05, 3.63) is 48.6 Å². The maximum atomic E-state index is 12.5. The quantitative estimate of drug-likeness (QED) is 0.150. The predicted octanol–water partition coefficient (Wildman–Crippen LogP) is 2.56. The van der Waals surface area contributed by atoms with Gasteiger partial charge in [0, 0.05) is 11.1 Å². The fourth-order valence-corrected chi connectivity index (χ4v) is 3.03. The molecular formula is C24H32O9. The second-order valence-corrected chi connectivity index (χ2v) is 8.44. The number of hydrogen-bond acceptors (Lipinski definition) is 9. The lowest BCUT2D eigenvalue weighted by Gasteiger charge is -2.40. The minimum atomic E-state index is -1.16. The molecule has 0 saturated carbocycles. The first-order valence-electron chi connectivity index (χ1n) is 10.5. The second kappa shape index (κ2) is 11.4. The molecule has 2 aliphatic heterocycles. The average molecular weight is 465 g/mol. The molecule has 0 radical (unpaired) electrons. The van der Waals surface area contributed by atoms with Gasteiger partial charge in [-0.3, -0.25) is 4.79 Å². The molecule has 2 fully saturated rings. The Kier molecular flexibility index (Phi) is 9.16. The van der Waals surface area contributed by atoms with E-state index in [1.54, 1.807) is 6.92 Å². The first-order chi connectivity index (χ1) is 15.4. The molecule has 0 N–H and O–H groups in total. The van der Waals surface area contributed by atoms with Crippen LogP contribution in [0.1, 0.15) is 34.1 Å². The first-order valence-corrected chi connectivity index (χ1v) is 10.5. The second-order valence-electron chi connectivity index (χ2n) is 8.44. The Morgan fingerprint density at radius 1 is 0.879 bits per heavy atom. The largest absolute Gasteiger partial charge is 0.455 e. The lowest BCUT2D eigenvalue weighted by Crippen LogP contribution is -2.59. The minimum Gasteiger partial charge on any atom is -0.455 e. The summed E-state index contributed by atoms with van der Waals surface area (Å²) in [6.45, 7) is 21.0. The molecule has 9 heteroatoms. The Balaban J connectivity index is 2.26. The predicted molar refractivity (Wildman–Crippen MR) is 118 cm³/mol. The maximum absolute atomic E-state index is 12.5. The van der Waals surface area contributed by atoms with Gasteiger partial charge in [-0.2, -0.15) is 0 Å². The zero-order chi connectivity index (χ0) is 24.9. The van der Waals surface area contributed by atoms with E-state index in [-0.39, 0.29) is 36.9 Å². The van der Waals surface area contributed by atoms with Crippen LogP contribution >= 0.6 is 0 Å². The molecule has 9 nitrogen and oxygen atoms in total. The molecule has 0 spiro atoms. The standard InChI is InChI=1S/C24H32O9/c1-12(2)9-18(25)31-20-16(10-29-24-19(33-24)13(3)4)28-11-17(30-22(26)14(5)6)21(20)32-23(27)15(7)8/h16-17,19-21,24H,1,3,5,7,9-11H2,2,4,6,8H3/t16?,17-,19?,20-,21-,24?/m1/s1. The summed E-state index contributed by atoms with van der Waals surface area (Å²) < 4.78 is 33.5. The zero-order valence-electron chi connectivity index (χ0n) is 19.6. The number of epoxide rings is 1. The van der Waals surface area contributed by atoms with E-state index in [4.69, 9.17) is 28.4 Å². The van der Waals surface area contributed by atoms with Crippen LogP contribution in [-0.2, 0) is 42.8 Å². The summed E-state index contributed by atoms with van der Waals surface area (Å²) in [5.41, 5.74) is 1.68. The molecule has 0 aromatic heterocycles. The monoisotopic (exact) mass is 464 g/mol. The SMILES string of the molecule is C=C(C)CC(=O)O[C@@H]1C(COC2OC2C(=C)C)OC[C@@H](OC(=O)C(=C)C)[C@H]1OC(=O)C(=C)C. The van der Waals surface area contributed by atoms with Crippen LogP contribution in [0.25, 0.3) is 0 Å². The fraction of sp³-hybridized carbons (Fsp3) is 0.542. The van der Waals surface area contributed by atoms with E-state index < -0.39 is 48.6 Å². The number of rotatable bonds is 11. The summed E-state index contributed by atoms with van der Waals surface area (Å²) in [6, 6.07) is 0. The molecule has 2 aliphatic rings. The van der Waals surface area contributed by atoms with Crippen LogP contribution in [0.2, 0.25) is 0 Å². The van der Waals surface area contributed by atoms with Gasteiger partial charge in [-0.1, -0.05) is 31.9 Å². The molecule has 33 heavy (non-hydrogen) atoms. The van der Waals surface area contributed by atoms with E-state index in [9.17, 15) is 14.4 Å². The van der Waals surface area contributed by atoms with Gasteiger partial charge in [-0.25, -0.2) is 9.59 Å². The summed E-state index contributed by atoms with van der Waals surface area (Å²) >= 11 is 0. The Morgan fingerprint density at radius 2 is 1.48 bits per heavy atom. The highest BCUT2D eigenvalue weighted by molar-refractivity contribution is 5.88. The normalized spacial score (nSPS) is 28.2. The average Bonchev–Trinajstić information content (AvgIpc) is 3.48. The highest BCUT2D eigenvalue weighted by atomic mass is 16.8. The number of ether oxygens (including phenoxy) is 6. The van der Waals surface area contributed by atoms with Gasteiger partial charge >= 0.3 is 17.9 Å². The van der Waals surface area contributed by atoms with Crippen molar-refractivity contribution < 1.29 is 42.8 Å². The minimum absolute atomic E-state index is 0.0261. The van der Waals surface area contributed by atoms with E-state index in [1.807, 2.05) is 6.92 Å². The summed E-state index contributed by atoms with van der Waals surface area (Å²) in [7, 11) is 0. The zero-order valence-corrected chi connectivity index (χ0v) is 19.6. The molecule has 2 saturated heterocycles. The summed E-state index contributed by atoms with van der Waals surface area (Å²) in [5.74, 6) is -2.03. The highest BCUT2D eigenvalue weighted by Crippen LogP contribution is 2.31. The Hall–Kier alpha value is -2.75. The van der Waals surface area contributed by atoms with Crippen LogP contribution < -0.4 is 0 Å². The third-order valence-corrected chi connectivity index (χ3v) is 4.81. The molecule has 2 heterocycles. The number of carbonyl (C=O) groups is 3. The van der Waals surface area contributed by atoms with Crippen molar-refractivity contribution in [3.63, 3.8) is 0 Å². The van der Waals surface area contributed by atoms with Crippen molar-refractivity contribution in [2.75, 3.05) is 13.2 Å². The van der Waals surface area contributed by atoms with E-state index in [1.165, 1.54) is 13.8 Å². The Labute approximate surface area is 194 Å². The molecule has 0 bridgehead atoms. The van der Waals surface area contributed by atoms with Crippen LogP contribution in [0.4, 0.5) is 0 Å². The van der Waals surface area contributed by atoms with Crippen molar-refractivity contribution in [1.82, 2.24) is 0 Å². The van der Waals surface area contributed by atoms with Crippen molar-refractivity contribution in [1.29, 1.82) is 0 Å². The van der Waals surface area contributed by atoms with Gasteiger partial charge in [0.05, 0.1) is 19.6 Å². The molecule has 2 rings (SSSR count). The van der Waals surface area contributed by atoms with E-state index in [0.717, 1.165) is 5.57 Å². The third kappa shape index (κ3) is 7.66. The van der Waals surface area contributed by atoms with E-state index in [0.29, 0.717) is 5.57 Å². The Bertz CT molecular complexity index is 843. The van der Waals surface area contributed by atoms with Crippen LogP contribution in [0.5, 0.6) is 0 Å². The molecule has 0 aliphatic carbocycles. The van der Waals surface area contributed by atoms with Gasteiger partial charge in [-0.05, 0) is 33.3 Å². The number of hydrogen-bond donors (Lipinski definition) is 0. The molecule has 182 valence electrons. The van der Waals surface area contributed by atoms with Crippen molar-refractivity contribution in [3.8, 4) is 0 Å². The summed E-state index contributed by atoms with van der Waals surface area (Å²) in [6.07, 6.45) is -4.92. The van der Waals surface area contributed by atoms with Crippen molar-refractivity contribution in [2.45, 2.75) is 70.9 Å². The lowest BCUT2D eigenvalue weighted by molar-refractivity contribution is -0.232. The molecule has 0 amide bonds. The van der Waals surface area contributed by atoms with Crippen LogP contribution in [-0.4, -0.2) is 67.9 Å². The topological polar surface area (TPSA) is 110 Å². The van der Waals surface area contributed by atoms with Gasteiger partial charge in [0.1, 0.15) is 12.2 Å². The molecular weight excluding hydrogens is 432 g/mol. The number of carbonyl (C=O) groups excluding carboxylic acids is 3. The molecule has 3 unspecified atom stereocenters. The van der Waals surface area contributed by atoms with Crippen molar-refractivity contribution >= 4 is 17.9 Å². The smallest absolute Gasteiger partial charge is 0.333 e.